The summed E-state index contributed by atoms with van der Waals surface area (Å²) in [6, 6.07) is 13.5. The average molecular weight is 314 g/mol. The highest BCUT2D eigenvalue weighted by Crippen LogP contribution is 2.36. The zero-order chi connectivity index (χ0) is 16.7. The minimum Gasteiger partial charge on any atom is -0.457 e. The molecule has 1 heterocycles. The molecule has 23 heavy (non-hydrogen) atoms. The van der Waals surface area contributed by atoms with Crippen molar-refractivity contribution in [3.63, 3.8) is 0 Å². The van der Waals surface area contributed by atoms with E-state index >= 15 is 0 Å². The SMILES string of the molecule is CC1(C)OB(c2cccc(Oc3cccc(F)c3)c2)OC1(C)C. The molecule has 5 heteroatoms. The van der Waals surface area contributed by atoms with Gasteiger partial charge in [-0.3, -0.25) is 0 Å². The maximum atomic E-state index is 13.2. The molecule has 120 valence electrons. The van der Waals surface area contributed by atoms with E-state index in [0.717, 1.165) is 5.46 Å². The van der Waals surface area contributed by atoms with Gasteiger partial charge in [-0.25, -0.2) is 4.39 Å². The highest BCUT2D eigenvalue weighted by molar-refractivity contribution is 6.62. The van der Waals surface area contributed by atoms with E-state index in [-0.39, 0.29) is 5.82 Å². The van der Waals surface area contributed by atoms with E-state index in [0.29, 0.717) is 11.5 Å². The molecule has 1 fully saturated rings. The van der Waals surface area contributed by atoms with Crippen LogP contribution in [0, 0.1) is 5.82 Å². The monoisotopic (exact) mass is 314 g/mol. The van der Waals surface area contributed by atoms with Crippen molar-refractivity contribution in [1.29, 1.82) is 0 Å². The van der Waals surface area contributed by atoms with Gasteiger partial charge in [-0.05, 0) is 57.4 Å². The van der Waals surface area contributed by atoms with Gasteiger partial charge in [0.2, 0.25) is 0 Å². The standard InChI is InChI=1S/C18H20BFO3/c1-17(2)18(3,4)23-19(22-17)13-7-5-9-15(11-13)21-16-10-6-8-14(20)12-16/h5-12H,1-4H3. The van der Waals surface area contributed by atoms with Crippen LogP contribution in [-0.2, 0) is 9.31 Å². The fraction of sp³-hybridized carbons (Fsp3) is 0.333. The molecule has 1 aliphatic rings. The van der Waals surface area contributed by atoms with Crippen molar-refractivity contribution in [2.75, 3.05) is 0 Å². The second-order valence-electron chi connectivity index (χ2n) is 6.72. The third kappa shape index (κ3) is 3.26. The summed E-state index contributed by atoms with van der Waals surface area (Å²) in [5.41, 5.74) is 0.0892. The van der Waals surface area contributed by atoms with Crippen molar-refractivity contribution in [2.45, 2.75) is 38.9 Å². The molecule has 0 radical (unpaired) electrons. The first-order valence-electron chi connectivity index (χ1n) is 7.66. The lowest BCUT2D eigenvalue weighted by molar-refractivity contribution is 0.00578. The largest absolute Gasteiger partial charge is 0.494 e. The Bertz CT molecular complexity index is 699. The molecule has 3 rings (SSSR count). The van der Waals surface area contributed by atoms with Crippen LogP contribution in [0.5, 0.6) is 11.5 Å². The van der Waals surface area contributed by atoms with Crippen LogP contribution in [0.2, 0.25) is 0 Å². The van der Waals surface area contributed by atoms with Crippen LogP contribution >= 0.6 is 0 Å². The molecule has 1 saturated heterocycles. The Hall–Kier alpha value is -1.85. The van der Waals surface area contributed by atoms with Crippen molar-refractivity contribution >= 4 is 12.6 Å². The van der Waals surface area contributed by atoms with E-state index in [1.54, 1.807) is 12.1 Å². The van der Waals surface area contributed by atoms with E-state index in [4.69, 9.17) is 14.0 Å². The minimum atomic E-state index is -0.448. The summed E-state index contributed by atoms with van der Waals surface area (Å²) in [6.45, 7) is 8.06. The lowest BCUT2D eigenvalue weighted by Crippen LogP contribution is -2.41. The first-order valence-corrected chi connectivity index (χ1v) is 7.66. The molecule has 0 atom stereocenters. The van der Waals surface area contributed by atoms with Gasteiger partial charge < -0.3 is 14.0 Å². The second-order valence-corrected chi connectivity index (χ2v) is 6.72. The van der Waals surface area contributed by atoms with Crippen LogP contribution in [-0.4, -0.2) is 18.3 Å². The number of hydrogen-bond donors (Lipinski definition) is 0. The minimum absolute atomic E-state index is 0.329. The maximum absolute atomic E-state index is 13.2. The van der Waals surface area contributed by atoms with E-state index in [1.807, 2.05) is 52.0 Å². The Morgan fingerprint density at radius 3 is 2.04 bits per heavy atom. The smallest absolute Gasteiger partial charge is 0.457 e. The van der Waals surface area contributed by atoms with Crippen molar-refractivity contribution in [2.24, 2.45) is 0 Å². The Kier molecular flexibility index (Phi) is 3.94. The summed E-state index contributed by atoms with van der Waals surface area (Å²) in [6.07, 6.45) is 0. The third-order valence-corrected chi connectivity index (χ3v) is 4.42. The van der Waals surface area contributed by atoms with Gasteiger partial charge in [-0.15, -0.1) is 0 Å². The highest BCUT2D eigenvalue weighted by atomic mass is 19.1. The molecule has 0 aliphatic carbocycles. The lowest BCUT2D eigenvalue weighted by Gasteiger charge is -2.32. The quantitative estimate of drug-likeness (QED) is 0.804. The molecule has 0 unspecified atom stereocenters. The third-order valence-electron chi connectivity index (χ3n) is 4.42. The molecule has 1 aliphatic heterocycles. The molecule has 0 bridgehead atoms. The predicted molar refractivity (Wildman–Crippen MR) is 88.6 cm³/mol. The summed E-state index contributed by atoms with van der Waals surface area (Å²) in [4.78, 5) is 0. The van der Waals surface area contributed by atoms with Crippen molar-refractivity contribution in [1.82, 2.24) is 0 Å². The molecular formula is C18H20BFO3. The lowest BCUT2D eigenvalue weighted by atomic mass is 9.79. The molecule has 0 saturated carbocycles. The number of benzene rings is 2. The van der Waals surface area contributed by atoms with Crippen LogP contribution in [0.1, 0.15) is 27.7 Å². The fourth-order valence-electron chi connectivity index (χ4n) is 2.37. The van der Waals surface area contributed by atoms with Crippen LogP contribution < -0.4 is 10.2 Å². The molecule has 3 nitrogen and oxygen atoms in total. The van der Waals surface area contributed by atoms with Crippen LogP contribution in [0.4, 0.5) is 4.39 Å². The summed E-state index contributed by atoms with van der Waals surface area (Å²) < 4.78 is 31.0. The summed E-state index contributed by atoms with van der Waals surface area (Å²) in [5.74, 6) is 0.739. The van der Waals surface area contributed by atoms with Gasteiger partial charge in [0.1, 0.15) is 17.3 Å². The Labute approximate surface area is 136 Å². The van der Waals surface area contributed by atoms with Crippen molar-refractivity contribution < 1.29 is 18.4 Å². The zero-order valence-corrected chi connectivity index (χ0v) is 13.8. The number of rotatable bonds is 3. The Morgan fingerprint density at radius 1 is 0.870 bits per heavy atom. The van der Waals surface area contributed by atoms with Gasteiger partial charge in [-0.1, -0.05) is 18.2 Å². The van der Waals surface area contributed by atoms with Gasteiger partial charge in [0.15, 0.2) is 0 Å². The van der Waals surface area contributed by atoms with Crippen molar-refractivity contribution in [3.05, 3.63) is 54.3 Å². The molecule has 2 aromatic rings. The van der Waals surface area contributed by atoms with Crippen molar-refractivity contribution in [3.8, 4) is 11.5 Å². The van der Waals surface area contributed by atoms with Gasteiger partial charge in [0, 0.05) is 6.07 Å². The van der Waals surface area contributed by atoms with E-state index in [1.165, 1.54) is 12.1 Å². The molecule has 0 N–H and O–H groups in total. The molecule has 0 aromatic heterocycles. The summed E-state index contributed by atoms with van der Waals surface area (Å²) in [7, 11) is -0.448. The first-order chi connectivity index (χ1) is 10.8. The predicted octanol–water partition coefficient (Wildman–Crippen LogP) is 3.92. The van der Waals surface area contributed by atoms with E-state index in [2.05, 4.69) is 0 Å². The molecular weight excluding hydrogens is 294 g/mol. The van der Waals surface area contributed by atoms with Gasteiger partial charge in [0.25, 0.3) is 0 Å². The highest BCUT2D eigenvalue weighted by Gasteiger charge is 2.51. The first kappa shape index (κ1) is 16.0. The average Bonchev–Trinajstić information content (AvgIpc) is 2.68. The topological polar surface area (TPSA) is 27.7 Å². The molecule has 2 aromatic carbocycles. The summed E-state index contributed by atoms with van der Waals surface area (Å²) in [5, 5.41) is 0. The van der Waals surface area contributed by atoms with Crippen LogP contribution in [0.3, 0.4) is 0 Å². The maximum Gasteiger partial charge on any atom is 0.494 e. The molecule has 0 spiro atoms. The Balaban J connectivity index is 1.81. The normalized spacial score (nSPS) is 18.9. The fourth-order valence-corrected chi connectivity index (χ4v) is 2.37. The number of ether oxygens (including phenoxy) is 1. The van der Waals surface area contributed by atoms with E-state index in [9.17, 15) is 4.39 Å². The number of halogens is 1. The van der Waals surface area contributed by atoms with Gasteiger partial charge in [-0.2, -0.15) is 0 Å². The van der Waals surface area contributed by atoms with Crippen LogP contribution in [0.25, 0.3) is 0 Å². The van der Waals surface area contributed by atoms with Gasteiger partial charge in [0.05, 0.1) is 11.2 Å². The van der Waals surface area contributed by atoms with E-state index < -0.39 is 18.3 Å². The Morgan fingerprint density at radius 2 is 1.43 bits per heavy atom. The summed E-state index contributed by atoms with van der Waals surface area (Å²) >= 11 is 0. The second kappa shape index (κ2) is 5.66. The van der Waals surface area contributed by atoms with Crippen LogP contribution in [0.15, 0.2) is 48.5 Å². The number of hydrogen-bond acceptors (Lipinski definition) is 3. The zero-order valence-electron chi connectivity index (χ0n) is 13.8. The molecule has 0 amide bonds. The van der Waals surface area contributed by atoms with Gasteiger partial charge >= 0.3 is 7.12 Å².